The molecular weight excluding hydrogens is 523 g/mol. The summed E-state index contributed by atoms with van der Waals surface area (Å²) in [6.07, 6.45) is 8.23. The number of benzene rings is 2. The van der Waals surface area contributed by atoms with Crippen molar-refractivity contribution in [3.63, 3.8) is 0 Å². The van der Waals surface area contributed by atoms with Gasteiger partial charge in [-0.2, -0.15) is 5.10 Å². The molecule has 4 bridgehead atoms. The fourth-order valence-corrected chi connectivity index (χ4v) is 8.08. The normalized spacial score (nSPS) is 26.2. The fraction of sp³-hybridized carbons (Fsp3) is 0.500. The lowest BCUT2D eigenvalue weighted by Crippen LogP contribution is -2.55. The van der Waals surface area contributed by atoms with Gasteiger partial charge in [-0.05, 0) is 98.6 Å². The van der Waals surface area contributed by atoms with E-state index < -0.39 is 0 Å². The highest BCUT2D eigenvalue weighted by Gasteiger charge is 2.47. The van der Waals surface area contributed by atoms with Crippen molar-refractivity contribution in [2.45, 2.75) is 51.5 Å². The minimum Gasteiger partial charge on any atom is -0.315 e. The van der Waals surface area contributed by atoms with E-state index in [1.165, 1.54) is 32.1 Å². The van der Waals surface area contributed by atoms with Gasteiger partial charge in [0.15, 0.2) is 0 Å². The number of rotatable bonds is 9. The third kappa shape index (κ3) is 5.33. The van der Waals surface area contributed by atoms with E-state index in [-0.39, 0.29) is 0 Å². The molecule has 4 aliphatic rings. The van der Waals surface area contributed by atoms with Gasteiger partial charge in [0, 0.05) is 47.7 Å². The van der Waals surface area contributed by atoms with Crippen LogP contribution >= 0.6 is 34.8 Å². The Balaban J connectivity index is 1.10. The topological polar surface area (TPSA) is 41.9 Å². The minimum absolute atomic E-state index is 0.575. The van der Waals surface area contributed by atoms with Crippen LogP contribution in [0.3, 0.4) is 0 Å². The highest BCUT2D eigenvalue weighted by atomic mass is 35.5. The zero-order chi connectivity index (χ0) is 25.5. The Morgan fingerprint density at radius 2 is 1.51 bits per heavy atom. The van der Waals surface area contributed by atoms with Crippen LogP contribution in [0, 0.1) is 30.6 Å². The van der Waals surface area contributed by atoms with Crippen LogP contribution in [0.1, 0.15) is 43.4 Å². The van der Waals surface area contributed by atoms with E-state index in [4.69, 9.17) is 39.9 Å². The molecule has 2 N–H and O–H groups in total. The maximum Gasteiger partial charge on any atom is 0.0840 e. The Morgan fingerprint density at radius 1 is 0.838 bits per heavy atom. The van der Waals surface area contributed by atoms with Crippen molar-refractivity contribution in [2.24, 2.45) is 23.7 Å². The molecule has 1 aromatic heterocycles. The first-order valence-corrected chi connectivity index (χ1v) is 14.8. The number of nitrogens with one attached hydrogen (secondary N) is 2. The quantitative estimate of drug-likeness (QED) is 0.270. The van der Waals surface area contributed by atoms with Crippen LogP contribution in [0.25, 0.3) is 16.9 Å². The Bertz CT molecular complexity index is 1220. The van der Waals surface area contributed by atoms with Gasteiger partial charge in [0.2, 0.25) is 0 Å². The van der Waals surface area contributed by atoms with Crippen LogP contribution in [0.5, 0.6) is 0 Å². The van der Waals surface area contributed by atoms with Gasteiger partial charge in [0.05, 0.1) is 22.1 Å². The largest absolute Gasteiger partial charge is 0.315 e. The summed E-state index contributed by atoms with van der Waals surface area (Å²) in [5.41, 5.74) is 5.12. The van der Waals surface area contributed by atoms with Gasteiger partial charge in [0.1, 0.15) is 0 Å². The molecule has 0 atom stereocenters. The molecular formula is C30H35Cl3N4. The van der Waals surface area contributed by atoms with Crippen molar-refractivity contribution in [3.05, 3.63) is 68.8 Å². The monoisotopic (exact) mass is 556 g/mol. The molecule has 3 aromatic rings. The number of hydrogen-bond acceptors (Lipinski definition) is 3. The Morgan fingerprint density at radius 3 is 2.19 bits per heavy atom. The lowest BCUT2D eigenvalue weighted by molar-refractivity contribution is -0.0133. The van der Waals surface area contributed by atoms with Crippen molar-refractivity contribution in [1.29, 1.82) is 0 Å². The van der Waals surface area contributed by atoms with Gasteiger partial charge in [-0.1, -0.05) is 46.9 Å². The smallest absolute Gasteiger partial charge is 0.0840 e. The first-order valence-electron chi connectivity index (χ1n) is 13.7. The predicted molar refractivity (Wildman–Crippen MR) is 154 cm³/mol. The lowest BCUT2D eigenvalue weighted by Gasteiger charge is -2.54. The van der Waals surface area contributed by atoms with Crippen LogP contribution in [-0.4, -0.2) is 35.5 Å². The summed E-state index contributed by atoms with van der Waals surface area (Å²) in [5, 5.41) is 14.5. The molecule has 196 valence electrons. The van der Waals surface area contributed by atoms with E-state index in [9.17, 15) is 0 Å². The maximum absolute atomic E-state index is 6.60. The summed E-state index contributed by atoms with van der Waals surface area (Å²) in [7, 11) is 0. The molecule has 0 spiro atoms. The zero-order valence-corrected chi connectivity index (χ0v) is 23.6. The van der Waals surface area contributed by atoms with Crippen LogP contribution in [0.4, 0.5) is 0 Å². The highest BCUT2D eigenvalue weighted by molar-refractivity contribution is 6.35. The summed E-state index contributed by atoms with van der Waals surface area (Å²) in [6, 6.07) is 14.2. The molecule has 4 saturated carbocycles. The molecule has 0 saturated heterocycles. The van der Waals surface area contributed by atoms with Crippen LogP contribution in [0.2, 0.25) is 15.1 Å². The first kappa shape index (κ1) is 25.7. The molecule has 4 aliphatic carbocycles. The number of nitrogens with zero attached hydrogens (tertiary/aromatic N) is 2. The van der Waals surface area contributed by atoms with E-state index in [1.54, 1.807) is 6.07 Å². The van der Waals surface area contributed by atoms with Crippen LogP contribution in [-0.2, 0) is 6.42 Å². The van der Waals surface area contributed by atoms with E-state index in [2.05, 4.69) is 17.6 Å². The lowest BCUT2D eigenvalue weighted by atomic mass is 9.54. The molecule has 0 aliphatic heterocycles. The predicted octanol–water partition coefficient (Wildman–Crippen LogP) is 7.35. The van der Waals surface area contributed by atoms with Gasteiger partial charge in [-0.25, -0.2) is 4.68 Å². The average molecular weight is 558 g/mol. The summed E-state index contributed by atoms with van der Waals surface area (Å²) < 4.78 is 1.94. The average Bonchev–Trinajstić information content (AvgIpc) is 3.18. The summed E-state index contributed by atoms with van der Waals surface area (Å²) in [6.45, 7) is 5.04. The minimum atomic E-state index is 0.575. The standard InChI is InChI=1S/C30H35Cl3N4/c1-18-27(8-9-34-10-11-35-29-22-13-19-12-20(15-22)16-23(29)14-19)36-37(28-7-6-25(32)17-26(28)33)30(18)21-2-4-24(31)5-3-21/h2-7,17,19-20,22-23,29,34-35H,8-16H2,1H3/t19-,20+,22-,23+,29?. The number of aromatic nitrogens is 2. The van der Waals surface area contributed by atoms with Gasteiger partial charge in [-0.3, -0.25) is 0 Å². The van der Waals surface area contributed by atoms with Crippen LogP contribution in [0.15, 0.2) is 42.5 Å². The van der Waals surface area contributed by atoms with E-state index >= 15 is 0 Å². The molecule has 0 amide bonds. The molecule has 0 radical (unpaired) electrons. The SMILES string of the molecule is Cc1c(CCNCCNC2[C@H]3C[C@@H]4C[C@@H](C[C@H]2C4)C3)nn(-c2ccc(Cl)cc2Cl)c1-c1ccc(Cl)cc1. The maximum atomic E-state index is 6.60. The molecule has 37 heavy (non-hydrogen) atoms. The number of halogens is 3. The summed E-state index contributed by atoms with van der Waals surface area (Å²) in [5.74, 6) is 3.91. The van der Waals surface area contributed by atoms with Crippen molar-refractivity contribution in [2.75, 3.05) is 19.6 Å². The van der Waals surface area contributed by atoms with Gasteiger partial charge in [0.25, 0.3) is 0 Å². The molecule has 2 aromatic carbocycles. The molecule has 1 heterocycles. The van der Waals surface area contributed by atoms with Crippen molar-refractivity contribution in [3.8, 4) is 16.9 Å². The second-order valence-corrected chi connectivity index (χ2v) is 12.6. The Hall–Kier alpha value is -1.56. The summed E-state index contributed by atoms with van der Waals surface area (Å²) >= 11 is 18.9. The van der Waals surface area contributed by atoms with Crippen molar-refractivity contribution in [1.82, 2.24) is 20.4 Å². The molecule has 4 fully saturated rings. The Labute approximate surface area is 235 Å². The van der Waals surface area contributed by atoms with E-state index in [1.807, 2.05) is 41.1 Å². The molecule has 4 nitrogen and oxygen atoms in total. The van der Waals surface area contributed by atoms with Gasteiger partial charge in [-0.15, -0.1) is 0 Å². The van der Waals surface area contributed by atoms with Crippen molar-refractivity contribution >= 4 is 34.8 Å². The zero-order valence-electron chi connectivity index (χ0n) is 21.3. The molecule has 0 unspecified atom stereocenters. The van der Waals surface area contributed by atoms with Crippen molar-refractivity contribution < 1.29 is 0 Å². The number of hydrogen-bond donors (Lipinski definition) is 2. The van der Waals surface area contributed by atoms with Crippen LogP contribution < -0.4 is 10.6 Å². The third-order valence-corrected chi connectivity index (χ3v) is 9.71. The van der Waals surface area contributed by atoms with E-state index in [0.29, 0.717) is 15.1 Å². The second-order valence-electron chi connectivity index (χ2n) is 11.3. The Kier molecular flexibility index (Phi) is 7.57. The fourth-order valence-electron chi connectivity index (χ4n) is 7.47. The second kappa shape index (κ2) is 10.9. The highest BCUT2D eigenvalue weighted by Crippen LogP contribution is 2.53. The third-order valence-electron chi connectivity index (χ3n) is 8.92. The van der Waals surface area contributed by atoms with Gasteiger partial charge >= 0.3 is 0 Å². The molecule has 7 heteroatoms. The van der Waals surface area contributed by atoms with Gasteiger partial charge < -0.3 is 10.6 Å². The summed E-state index contributed by atoms with van der Waals surface area (Å²) in [4.78, 5) is 0. The molecule has 7 rings (SSSR count). The van der Waals surface area contributed by atoms with E-state index in [0.717, 1.165) is 84.0 Å². The first-order chi connectivity index (χ1) is 18.0.